The molecule has 3 heteroatoms. The molecule has 104 valence electrons. The summed E-state index contributed by atoms with van der Waals surface area (Å²) >= 11 is 1.98. The summed E-state index contributed by atoms with van der Waals surface area (Å²) in [4.78, 5) is 1.45. The molecule has 0 aliphatic carbocycles. The highest BCUT2D eigenvalue weighted by Gasteiger charge is 2.21. The van der Waals surface area contributed by atoms with Crippen LogP contribution in [-0.4, -0.2) is 31.1 Å². The van der Waals surface area contributed by atoms with E-state index in [4.69, 9.17) is 4.74 Å². The molecule has 1 fully saturated rings. The Morgan fingerprint density at radius 3 is 3.05 bits per heavy atom. The van der Waals surface area contributed by atoms with E-state index in [1.807, 2.05) is 11.8 Å². The van der Waals surface area contributed by atoms with E-state index in [0.29, 0.717) is 11.3 Å². The van der Waals surface area contributed by atoms with E-state index < -0.39 is 0 Å². The molecule has 0 saturated carbocycles. The summed E-state index contributed by atoms with van der Waals surface area (Å²) < 4.78 is 5.89. The summed E-state index contributed by atoms with van der Waals surface area (Å²) in [6.45, 7) is 3.00. The fourth-order valence-electron chi connectivity index (χ4n) is 2.96. The van der Waals surface area contributed by atoms with Gasteiger partial charge in [0, 0.05) is 22.8 Å². The topological polar surface area (TPSA) is 21.3 Å². The number of thioether (sulfide) groups is 1. The second kappa shape index (κ2) is 6.78. The molecule has 1 aromatic carbocycles. The molecule has 2 atom stereocenters. The lowest BCUT2D eigenvalue weighted by Gasteiger charge is -2.23. The van der Waals surface area contributed by atoms with Crippen LogP contribution in [0.5, 0.6) is 0 Å². The van der Waals surface area contributed by atoms with Crippen LogP contribution in [-0.2, 0) is 11.2 Å². The maximum atomic E-state index is 5.89. The molecular formula is C16H23NOS. The third-order valence-corrected chi connectivity index (χ3v) is 5.33. The fraction of sp³-hybridized carbons (Fsp3) is 0.625. The Labute approximate surface area is 120 Å². The Kier molecular flexibility index (Phi) is 4.81. The second-order valence-corrected chi connectivity index (χ2v) is 6.90. The van der Waals surface area contributed by atoms with Gasteiger partial charge in [0.05, 0.1) is 6.61 Å². The highest BCUT2D eigenvalue weighted by Crippen LogP contribution is 2.36. The zero-order valence-electron chi connectivity index (χ0n) is 11.4. The first-order valence-electron chi connectivity index (χ1n) is 7.47. The highest BCUT2D eigenvalue weighted by atomic mass is 32.2. The van der Waals surface area contributed by atoms with E-state index in [2.05, 4.69) is 29.6 Å². The van der Waals surface area contributed by atoms with Crippen LogP contribution in [0.2, 0.25) is 0 Å². The minimum atomic E-state index is 0.622. The molecule has 2 unspecified atom stereocenters. The van der Waals surface area contributed by atoms with Gasteiger partial charge in [-0.15, -0.1) is 11.8 Å². The van der Waals surface area contributed by atoms with Crippen molar-refractivity contribution in [1.82, 2.24) is 5.32 Å². The quantitative estimate of drug-likeness (QED) is 0.835. The Bertz CT molecular complexity index is 378. The summed E-state index contributed by atoms with van der Waals surface area (Å²) in [5, 5.41) is 4.20. The standard InChI is InChI=1S/C16H23NOS/c1-2-7-16-13(5-1)11-15(19-16)12-18-10-8-14-6-3-4-9-17-14/h1-2,5,7,14-15,17H,3-4,6,8-12H2. The molecule has 0 radical (unpaired) electrons. The molecular weight excluding hydrogens is 254 g/mol. The van der Waals surface area contributed by atoms with E-state index >= 15 is 0 Å². The average Bonchev–Trinajstić information content (AvgIpc) is 2.87. The maximum Gasteiger partial charge on any atom is 0.0591 e. The third kappa shape index (κ3) is 3.74. The molecule has 1 aromatic rings. The Morgan fingerprint density at radius 2 is 2.21 bits per heavy atom. The molecule has 0 aromatic heterocycles. The van der Waals surface area contributed by atoms with Crippen LogP contribution in [0, 0.1) is 0 Å². The van der Waals surface area contributed by atoms with E-state index in [1.54, 1.807) is 0 Å². The van der Waals surface area contributed by atoms with Crippen molar-refractivity contribution in [2.45, 2.75) is 48.3 Å². The fourth-order valence-corrected chi connectivity index (χ4v) is 4.20. The van der Waals surface area contributed by atoms with Gasteiger partial charge in [0.2, 0.25) is 0 Å². The molecule has 0 amide bonds. The van der Waals surface area contributed by atoms with E-state index in [0.717, 1.165) is 13.2 Å². The van der Waals surface area contributed by atoms with Crippen LogP contribution >= 0.6 is 11.8 Å². The van der Waals surface area contributed by atoms with Crippen molar-refractivity contribution in [3.8, 4) is 0 Å². The molecule has 0 spiro atoms. The van der Waals surface area contributed by atoms with Crippen molar-refractivity contribution in [2.75, 3.05) is 19.8 Å². The van der Waals surface area contributed by atoms with Crippen LogP contribution in [0.4, 0.5) is 0 Å². The largest absolute Gasteiger partial charge is 0.380 e. The summed E-state index contributed by atoms with van der Waals surface area (Å²) in [5.41, 5.74) is 1.50. The smallest absolute Gasteiger partial charge is 0.0591 e. The van der Waals surface area contributed by atoms with Crippen molar-refractivity contribution >= 4 is 11.8 Å². The van der Waals surface area contributed by atoms with Gasteiger partial charge in [0.25, 0.3) is 0 Å². The second-order valence-electron chi connectivity index (χ2n) is 5.56. The molecule has 0 bridgehead atoms. The van der Waals surface area contributed by atoms with Crippen LogP contribution in [0.3, 0.4) is 0 Å². The predicted molar refractivity (Wildman–Crippen MR) is 80.9 cm³/mol. The summed E-state index contributed by atoms with van der Waals surface area (Å²) in [5.74, 6) is 0. The molecule has 2 nitrogen and oxygen atoms in total. The van der Waals surface area contributed by atoms with Crippen LogP contribution < -0.4 is 5.32 Å². The number of hydrogen-bond acceptors (Lipinski definition) is 3. The van der Waals surface area contributed by atoms with E-state index in [1.165, 1.54) is 49.1 Å². The number of fused-ring (bicyclic) bond motifs is 1. The van der Waals surface area contributed by atoms with Gasteiger partial charge in [-0.3, -0.25) is 0 Å². The zero-order valence-corrected chi connectivity index (χ0v) is 12.3. The molecule has 1 N–H and O–H groups in total. The monoisotopic (exact) mass is 277 g/mol. The van der Waals surface area contributed by atoms with E-state index in [-0.39, 0.29) is 0 Å². The molecule has 2 aliphatic heterocycles. The molecule has 19 heavy (non-hydrogen) atoms. The number of ether oxygens (including phenoxy) is 1. The van der Waals surface area contributed by atoms with E-state index in [9.17, 15) is 0 Å². The number of piperidine rings is 1. The van der Waals surface area contributed by atoms with Gasteiger partial charge in [-0.1, -0.05) is 24.6 Å². The molecule has 2 heterocycles. The summed E-state index contributed by atoms with van der Waals surface area (Å²) in [6, 6.07) is 9.43. The first kappa shape index (κ1) is 13.5. The lowest BCUT2D eigenvalue weighted by molar-refractivity contribution is 0.122. The number of nitrogens with one attached hydrogen (secondary N) is 1. The van der Waals surface area contributed by atoms with Gasteiger partial charge in [-0.05, 0) is 43.9 Å². The number of rotatable bonds is 5. The van der Waals surface area contributed by atoms with Crippen molar-refractivity contribution < 1.29 is 4.74 Å². The lowest BCUT2D eigenvalue weighted by Crippen LogP contribution is -2.34. The van der Waals surface area contributed by atoms with Crippen molar-refractivity contribution in [3.63, 3.8) is 0 Å². The van der Waals surface area contributed by atoms with Gasteiger partial charge in [-0.2, -0.15) is 0 Å². The molecule has 2 aliphatic rings. The first-order chi connectivity index (χ1) is 9.42. The van der Waals surface area contributed by atoms with Crippen LogP contribution in [0.25, 0.3) is 0 Å². The predicted octanol–water partition coefficient (Wildman–Crippen LogP) is 3.25. The summed E-state index contributed by atoms with van der Waals surface area (Å²) in [6.07, 6.45) is 6.39. The van der Waals surface area contributed by atoms with Gasteiger partial charge in [-0.25, -0.2) is 0 Å². The van der Waals surface area contributed by atoms with Gasteiger partial charge in [0.1, 0.15) is 0 Å². The number of benzene rings is 1. The first-order valence-corrected chi connectivity index (χ1v) is 8.35. The van der Waals surface area contributed by atoms with Crippen molar-refractivity contribution in [1.29, 1.82) is 0 Å². The minimum absolute atomic E-state index is 0.622. The Balaban J connectivity index is 1.33. The molecule has 1 saturated heterocycles. The number of hydrogen-bond donors (Lipinski definition) is 1. The summed E-state index contributed by atoms with van der Waals surface area (Å²) in [7, 11) is 0. The Hall–Kier alpha value is -0.510. The van der Waals surface area contributed by atoms with Gasteiger partial charge < -0.3 is 10.1 Å². The van der Waals surface area contributed by atoms with Crippen LogP contribution in [0.15, 0.2) is 29.2 Å². The van der Waals surface area contributed by atoms with Gasteiger partial charge in [0.15, 0.2) is 0 Å². The SMILES string of the molecule is c1ccc2c(c1)CC(COCCC1CCCCN1)S2. The normalized spacial score (nSPS) is 26.3. The zero-order chi connectivity index (χ0) is 12.9. The molecule has 3 rings (SSSR count). The third-order valence-electron chi connectivity index (χ3n) is 4.04. The lowest BCUT2D eigenvalue weighted by atomic mass is 10.0. The minimum Gasteiger partial charge on any atom is -0.380 e. The maximum absolute atomic E-state index is 5.89. The van der Waals surface area contributed by atoms with Crippen molar-refractivity contribution in [2.24, 2.45) is 0 Å². The van der Waals surface area contributed by atoms with Crippen molar-refractivity contribution in [3.05, 3.63) is 29.8 Å². The van der Waals surface area contributed by atoms with Crippen LogP contribution in [0.1, 0.15) is 31.2 Å². The average molecular weight is 277 g/mol. The van der Waals surface area contributed by atoms with Gasteiger partial charge >= 0.3 is 0 Å². The highest BCUT2D eigenvalue weighted by molar-refractivity contribution is 8.00. The Morgan fingerprint density at radius 1 is 1.26 bits per heavy atom.